The molecule has 5 rings (SSSR count). The van der Waals surface area contributed by atoms with Crippen molar-refractivity contribution in [3.63, 3.8) is 0 Å². The molecule has 29 heavy (non-hydrogen) atoms. The zero-order chi connectivity index (χ0) is 20.2. The van der Waals surface area contributed by atoms with Crippen molar-refractivity contribution in [2.24, 2.45) is 0 Å². The number of benzene rings is 1. The number of fused-ring (bicyclic) bond motifs is 3. The van der Waals surface area contributed by atoms with Crippen molar-refractivity contribution in [1.29, 1.82) is 0 Å². The predicted octanol–water partition coefficient (Wildman–Crippen LogP) is 5.29. The van der Waals surface area contributed by atoms with E-state index in [1.807, 2.05) is 18.3 Å². The number of anilines is 1. The first-order chi connectivity index (χ1) is 13.9. The van der Waals surface area contributed by atoms with Gasteiger partial charge in [-0.05, 0) is 62.6 Å². The van der Waals surface area contributed by atoms with Crippen LogP contribution < -0.4 is 5.32 Å². The van der Waals surface area contributed by atoms with E-state index >= 15 is 0 Å². The van der Waals surface area contributed by atoms with Gasteiger partial charge in [0, 0.05) is 47.0 Å². The molecule has 152 valence electrons. The fourth-order valence-corrected chi connectivity index (χ4v) is 4.91. The highest BCUT2D eigenvalue weighted by Crippen LogP contribution is 2.36. The Labute approximate surface area is 167 Å². The van der Waals surface area contributed by atoms with E-state index in [-0.39, 0.29) is 0 Å². The Kier molecular flexibility index (Phi) is 4.31. The monoisotopic (exact) mass is 400 g/mol. The zero-order valence-corrected chi connectivity index (χ0v) is 16.1. The largest absolute Gasteiger partial charge is 0.431 e. The Balaban J connectivity index is 1.38. The molecule has 0 saturated carbocycles. The van der Waals surface area contributed by atoms with E-state index in [1.165, 1.54) is 12.8 Å². The molecule has 0 radical (unpaired) electrons. The van der Waals surface area contributed by atoms with Crippen LogP contribution in [0, 0.1) is 0 Å². The SMILES string of the molecule is CN1[C@@H]2CC[C@H]1C[C@@H](Nc1cncc(-c3ccc4[nH]c(C(F)(F)F)cc4c3)c1)C2. The number of nitrogens with one attached hydrogen (secondary N) is 2. The highest BCUT2D eigenvalue weighted by atomic mass is 19.4. The van der Waals surface area contributed by atoms with E-state index in [0.717, 1.165) is 35.7 Å². The first kappa shape index (κ1) is 18.5. The second-order valence-corrected chi connectivity index (χ2v) is 8.31. The summed E-state index contributed by atoms with van der Waals surface area (Å²) in [6.45, 7) is 0. The lowest BCUT2D eigenvalue weighted by Crippen LogP contribution is -2.44. The van der Waals surface area contributed by atoms with Gasteiger partial charge < -0.3 is 15.2 Å². The molecule has 2 bridgehead atoms. The van der Waals surface area contributed by atoms with Crippen molar-refractivity contribution in [3.8, 4) is 11.1 Å². The van der Waals surface area contributed by atoms with Crippen molar-refractivity contribution >= 4 is 16.6 Å². The molecule has 2 aliphatic heterocycles. The quantitative estimate of drug-likeness (QED) is 0.628. The van der Waals surface area contributed by atoms with Crippen molar-refractivity contribution in [1.82, 2.24) is 14.9 Å². The second-order valence-electron chi connectivity index (χ2n) is 8.31. The number of pyridine rings is 1. The van der Waals surface area contributed by atoms with Crippen molar-refractivity contribution in [3.05, 3.63) is 48.4 Å². The molecule has 2 aliphatic rings. The zero-order valence-electron chi connectivity index (χ0n) is 16.1. The molecule has 1 aromatic carbocycles. The Bertz CT molecular complexity index is 1030. The molecule has 7 heteroatoms. The van der Waals surface area contributed by atoms with Crippen molar-refractivity contribution in [2.45, 2.75) is 50.0 Å². The topological polar surface area (TPSA) is 44.0 Å². The maximum absolute atomic E-state index is 13.0. The maximum atomic E-state index is 13.0. The van der Waals surface area contributed by atoms with E-state index in [2.05, 4.69) is 27.2 Å². The third-order valence-corrected chi connectivity index (χ3v) is 6.47. The van der Waals surface area contributed by atoms with E-state index in [0.29, 0.717) is 29.0 Å². The number of hydrogen-bond acceptors (Lipinski definition) is 3. The first-order valence-electron chi connectivity index (χ1n) is 10.0. The average molecular weight is 400 g/mol. The highest BCUT2D eigenvalue weighted by Gasteiger charge is 2.38. The summed E-state index contributed by atoms with van der Waals surface area (Å²) in [4.78, 5) is 9.31. The van der Waals surface area contributed by atoms with Crippen LogP contribution in [0.2, 0.25) is 0 Å². The minimum Gasteiger partial charge on any atom is -0.381 e. The Morgan fingerprint density at radius 3 is 2.52 bits per heavy atom. The van der Waals surface area contributed by atoms with Gasteiger partial charge in [-0.3, -0.25) is 4.98 Å². The molecule has 4 nitrogen and oxygen atoms in total. The first-order valence-corrected chi connectivity index (χ1v) is 10.0. The number of H-pyrrole nitrogens is 1. The van der Waals surface area contributed by atoms with E-state index in [9.17, 15) is 13.2 Å². The minimum absolute atomic E-state index is 0.433. The van der Waals surface area contributed by atoms with Gasteiger partial charge in [-0.15, -0.1) is 0 Å². The van der Waals surface area contributed by atoms with Gasteiger partial charge in [0.15, 0.2) is 0 Å². The number of rotatable bonds is 3. The number of alkyl halides is 3. The van der Waals surface area contributed by atoms with Gasteiger partial charge in [-0.1, -0.05) is 6.07 Å². The van der Waals surface area contributed by atoms with Crippen LogP contribution in [0.4, 0.5) is 18.9 Å². The molecule has 0 spiro atoms. The smallest absolute Gasteiger partial charge is 0.381 e. The second kappa shape index (κ2) is 6.76. The molecule has 2 aromatic heterocycles. The van der Waals surface area contributed by atoms with Gasteiger partial charge in [0.25, 0.3) is 0 Å². The lowest BCUT2D eigenvalue weighted by Gasteiger charge is -2.37. The fourth-order valence-electron chi connectivity index (χ4n) is 4.91. The van der Waals surface area contributed by atoms with Gasteiger partial charge in [0.2, 0.25) is 0 Å². The minimum atomic E-state index is -4.38. The van der Waals surface area contributed by atoms with Crippen LogP contribution in [0.3, 0.4) is 0 Å². The summed E-state index contributed by atoms with van der Waals surface area (Å²) >= 11 is 0. The average Bonchev–Trinajstić information content (AvgIpc) is 3.19. The van der Waals surface area contributed by atoms with Gasteiger partial charge in [0.1, 0.15) is 5.69 Å². The van der Waals surface area contributed by atoms with Crippen LogP contribution in [0.25, 0.3) is 22.0 Å². The number of aromatic amines is 1. The Hall–Kier alpha value is -2.54. The third kappa shape index (κ3) is 3.48. The molecule has 3 atom stereocenters. The third-order valence-electron chi connectivity index (χ3n) is 6.47. The summed E-state index contributed by atoms with van der Waals surface area (Å²) in [6, 6.07) is 10.2. The number of hydrogen-bond donors (Lipinski definition) is 2. The molecule has 0 aliphatic carbocycles. The Morgan fingerprint density at radius 1 is 1.03 bits per heavy atom. The van der Waals surface area contributed by atoms with Gasteiger partial charge in [-0.25, -0.2) is 0 Å². The normalized spacial score (nSPS) is 24.9. The van der Waals surface area contributed by atoms with Crippen LogP contribution in [-0.2, 0) is 6.18 Å². The standard InChI is InChI=1S/C22H23F3N4/c1-29-18-3-4-19(29)10-16(9-18)27-17-7-15(11-26-12-17)13-2-5-20-14(6-13)8-21(28-20)22(23,24)25/h2,5-8,11-12,16,18-19,27-28H,3-4,9-10H2,1H3/t16-,18+,19-. The van der Waals surface area contributed by atoms with Gasteiger partial charge >= 0.3 is 6.18 Å². The molecule has 3 aromatic rings. The Morgan fingerprint density at radius 2 is 1.79 bits per heavy atom. The predicted molar refractivity (Wildman–Crippen MR) is 108 cm³/mol. The highest BCUT2D eigenvalue weighted by molar-refractivity contribution is 5.86. The van der Waals surface area contributed by atoms with E-state index in [4.69, 9.17) is 0 Å². The van der Waals surface area contributed by atoms with Crippen LogP contribution in [0.5, 0.6) is 0 Å². The molecule has 2 fully saturated rings. The molecule has 4 heterocycles. The number of aromatic nitrogens is 2. The van der Waals surface area contributed by atoms with Gasteiger partial charge in [-0.2, -0.15) is 13.2 Å². The van der Waals surface area contributed by atoms with E-state index < -0.39 is 11.9 Å². The number of nitrogens with zero attached hydrogens (tertiary/aromatic N) is 2. The van der Waals surface area contributed by atoms with Crippen LogP contribution >= 0.6 is 0 Å². The van der Waals surface area contributed by atoms with E-state index in [1.54, 1.807) is 18.3 Å². The summed E-state index contributed by atoms with van der Waals surface area (Å²) in [5.41, 5.74) is 2.45. The van der Waals surface area contributed by atoms with Crippen LogP contribution in [0.15, 0.2) is 42.7 Å². The summed E-state index contributed by atoms with van der Waals surface area (Å²) in [5.74, 6) is 0. The molecule has 2 N–H and O–H groups in total. The van der Waals surface area contributed by atoms with Crippen LogP contribution in [-0.4, -0.2) is 40.0 Å². The van der Waals surface area contributed by atoms with Gasteiger partial charge in [0.05, 0.1) is 5.69 Å². The molecular formula is C22H23F3N4. The molecule has 0 unspecified atom stereocenters. The molecular weight excluding hydrogens is 377 g/mol. The van der Waals surface area contributed by atoms with Crippen molar-refractivity contribution < 1.29 is 13.2 Å². The lowest BCUT2D eigenvalue weighted by atomic mass is 9.97. The van der Waals surface area contributed by atoms with Crippen LogP contribution in [0.1, 0.15) is 31.4 Å². The maximum Gasteiger partial charge on any atom is 0.431 e. The van der Waals surface area contributed by atoms with Crippen molar-refractivity contribution in [2.75, 3.05) is 12.4 Å². The lowest BCUT2D eigenvalue weighted by molar-refractivity contribution is -0.140. The number of halogens is 3. The summed E-state index contributed by atoms with van der Waals surface area (Å²) in [5, 5.41) is 4.17. The molecule has 2 saturated heterocycles. The fraction of sp³-hybridized carbons (Fsp3) is 0.409. The molecule has 0 amide bonds. The summed E-state index contributed by atoms with van der Waals surface area (Å²) < 4.78 is 38.9. The summed E-state index contributed by atoms with van der Waals surface area (Å²) in [7, 11) is 2.22. The summed E-state index contributed by atoms with van der Waals surface area (Å²) in [6.07, 6.45) is 4.00. The number of piperidine rings is 1.